The lowest BCUT2D eigenvalue weighted by molar-refractivity contribution is -0.114. The number of sulfonamides is 1. The van der Waals surface area contributed by atoms with Crippen LogP contribution in [0.1, 0.15) is 18.1 Å². The fourth-order valence-corrected chi connectivity index (χ4v) is 4.64. The van der Waals surface area contributed by atoms with Gasteiger partial charge in [0.15, 0.2) is 0 Å². The van der Waals surface area contributed by atoms with Gasteiger partial charge in [0, 0.05) is 5.02 Å². The van der Waals surface area contributed by atoms with Crippen molar-refractivity contribution in [2.45, 2.75) is 25.7 Å². The van der Waals surface area contributed by atoms with Gasteiger partial charge in [-0.25, -0.2) is 8.42 Å². The van der Waals surface area contributed by atoms with Gasteiger partial charge in [0.2, 0.25) is 5.91 Å². The van der Waals surface area contributed by atoms with Gasteiger partial charge in [-0.2, -0.15) is 0 Å². The lowest BCUT2D eigenvalue weighted by atomic mass is 10.1. The molecule has 0 aliphatic rings. The van der Waals surface area contributed by atoms with Gasteiger partial charge >= 0.3 is 0 Å². The second kappa shape index (κ2) is 10.1. The predicted molar refractivity (Wildman–Crippen MR) is 128 cm³/mol. The van der Waals surface area contributed by atoms with Crippen molar-refractivity contribution in [3.63, 3.8) is 0 Å². The van der Waals surface area contributed by atoms with Crippen LogP contribution in [-0.4, -0.2) is 27.5 Å². The molecule has 0 aromatic heterocycles. The second-order valence-corrected chi connectivity index (χ2v) is 9.51. The average Bonchev–Trinajstić information content (AvgIpc) is 2.76. The molecule has 0 aliphatic carbocycles. The normalized spacial score (nSPS) is 11.1. The van der Waals surface area contributed by atoms with E-state index in [0.29, 0.717) is 28.8 Å². The van der Waals surface area contributed by atoms with Crippen molar-refractivity contribution in [1.82, 2.24) is 0 Å². The standard InChI is InChI=1S/C24H25ClN2O4S/c1-4-31-23-8-6-5-7-22(23)26-24(28)16-27(20-12-9-17(2)18(3)15-20)32(29,30)21-13-10-19(25)11-14-21/h5-15H,4,16H2,1-3H3,(H,26,28). The minimum Gasteiger partial charge on any atom is -0.492 e. The molecule has 6 nitrogen and oxygen atoms in total. The van der Waals surface area contributed by atoms with Crippen LogP contribution in [0.2, 0.25) is 5.02 Å². The maximum absolute atomic E-state index is 13.5. The number of hydrogen-bond acceptors (Lipinski definition) is 4. The van der Waals surface area contributed by atoms with Gasteiger partial charge in [-0.1, -0.05) is 29.8 Å². The quantitative estimate of drug-likeness (QED) is 0.489. The first-order valence-corrected chi connectivity index (χ1v) is 11.9. The van der Waals surface area contributed by atoms with Gasteiger partial charge in [-0.3, -0.25) is 9.10 Å². The number of halogens is 1. The van der Waals surface area contributed by atoms with Gasteiger partial charge in [-0.15, -0.1) is 0 Å². The zero-order valence-corrected chi connectivity index (χ0v) is 19.7. The molecular formula is C24H25ClN2O4S. The molecule has 0 radical (unpaired) electrons. The number of para-hydroxylation sites is 2. The topological polar surface area (TPSA) is 75.7 Å². The number of anilines is 2. The van der Waals surface area contributed by atoms with Crippen LogP contribution in [0.5, 0.6) is 5.75 Å². The summed E-state index contributed by atoms with van der Waals surface area (Å²) >= 11 is 5.93. The third kappa shape index (κ3) is 5.41. The Morgan fingerprint density at radius 2 is 1.69 bits per heavy atom. The monoisotopic (exact) mass is 472 g/mol. The molecule has 0 unspecified atom stereocenters. The number of aryl methyl sites for hydroxylation is 2. The van der Waals surface area contributed by atoms with Crippen LogP contribution >= 0.6 is 11.6 Å². The number of nitrogens with one attached hydrogen (secondary N) is 1. The first kappa shape index (κ1) is 23.6. The molecule has 0 atom stereocenters. The summed E-state index contributed by atoms with van der Waals surface area (Å²) in [6, 6.07) is 18.1. The number of ether oxygens (including phenoxy) is 1. The van der Waals surface area contributed by atoms with Gasteiger partial charge in [0.1, 0.15) is 12.3 Å². The van der Waals surface area contributed by atoms with Crippen molar-refractivity contribution in [1.29, 1.82) is 0 Å². The number of carbonyl (C=O) groups is 1. The van der Waals surface area contributed by atoms with E-state index >= 15 is 0 Å². The lowest BCUT2D eigenvalue weighted by Gasteiger charge is -2.25. The maximum atomic E-state index is 13.5. The summed E-state index contributed by atoms with van der Waals surface area (Å²) in [5.74, 6) is 0.0227. The molecule has 0 saturated carbocycles. The van der Waals surface area contributed by atoms with Crippen LogP contribution in [0.25, 0.3) is 0 Å². The molecule has 32 heavy (non-hydrogen) atoms. The number of nitrogens with zero attached hydrogens (tertiary/aromatic N) is 1. The molecule has 0 aliphatic heterocycles. The van der Waals surface area contributed by atoms with Crippen molar-refractivity contribution in [2.75, 3.05) is 22.8 Å². The van der Waals surface area contributed by atoms with Gasteiger partial charge < -0.3 is 10.1 Å². The Labute approximate surface area is 193 Å². The summed E-state index contributed by atoms with van der Waals surface area (Å²) in [5, 5.41) is 3.19. The van der Waals surface area contributed by atoms with Crippen LogP contribution < -0.4 is 14.4 Å². The highest BCUT2D eigenvalue weighted by atomic mass is 35.5. The summed E-state index contributed by atoms with van der Waals surface area (Å²) in [5.41, 5.74) is 2.81. The van der Waals surface area contributed by atoms with Gasteiger partial charge in [0.05, 0.1) is 22.9 Å². The molecule has 0 fully saturated rings. The molecule has 0 saturated heterocycles. The minimum absolute atomic E-state index is 0.0441. The van der Waals surface area contributed by atoms with Crippen molar-refractivity contribution in [3.8, 4) is 5.75 Å². The summed E-state index contributed by atoms with van der Waals surface area (Å²) < 4.78 is 33.6. The Hall–Kier alpha value is -3.03. The molecule has 0 spiro atoms. The van der Waals surface area contributed by atoms with Crippen LogP contribution in [0.4, 0.5) is 11.4 Å². The summed E-state index contributed by atoms with van der Waals surface area (Å²) in [6.07, 6.45) is 0. The van der Waals surface area contributed by atoms with E-state index in [1.54, 1.807) is 36.4 Å². The largest absolute Gasteiger partial charge is 0.492 e. The second-order valence-electron chi connectivity index (χ2n) is 7.21. The molecule has 8 heteroatoms. The van der Waals surface area contributed by atoms with Crippen molar-refractivity contribution in [2.24, 2.45) is 0 Å². The summed E-state index contributed by atoms with van der Waals surface area (Å²) in [7, 11) is -4.03. The number of hydrogen-bond donors (Lipinski definition) is 1. The van der Waals surface area contributed by atoms with E-state index in [1.165, 1.54) is 24.3 Å². The third-order valence-corrected chi connectivity index (χ3v) is 6.97. The Bertz CT molecular complexity index is 1210. The molecule has 3 rings (SSSR count). The molecular weight excluding hydrogens is 448 g/mol. The number of carbonyl (C=O) groups excluding carboxylic acids is 1. The molecule has 0 heterocycles. The zero-order valence-electron chi connectivity index (χ0n) is 18.1. The highest BCUT2D eigenvalue weighted by Gasteiger charge is 2.28. The van der Waals surface area contributed by atoms with Crippen LogP contribution in [-0.2, 0) is 14.8 Å². The fourth-order valence-electron chi connectivity index (χ4n) is 3.10. The fraction of sp³-hybridized carbons (Fsp3) is 0.208. The summed E-state index contributed by atoms with van der Waals surface area (Å²) in [4.78, 5) is 13.0. The first-order chi connectivity index (χ1) is 15.2. The van der Waals surface area contributed by atoms with E-state index in [1.807, 2.05) is 26.8 Å². The predicted octanol–water partition coefficient (Wildman–Crippen LogP) is 5.19. The molecule has 0 bridgehead atoms. The van der Waals surface area contributed by atoms with Crippen LogP contribution in [0.15, 0.2) is 71.6 Å². The smallest absolute Gasteiger partial charge is 0.264 e. The van der Waals surface area contributed by atoms with Crippen molar-refractivity contribution in [3.05, 3.63) is 82.9 Å². The van der Waals surface area contributed by atoms with E-state index in [-0.39, 0.29) is 4.90 Å². The number of rotatable bonds is 8. The van der Waals surface area contributed by atoms with Gasteiger partial charge in [-0.05, 0) is 80.4 Å². The maximum Gasteiger partial charge on any atom is 0.264 e. The highest BCUT2D eigenvalue weighted by molar-refractivity contribution is 7.92. The van der Waals surface area contributed by atoms with E-state index in [2.05, 4.69) is 5.32 Å². The third-order valence-electron chi connectivity index (χ3n) is 4.93. The van der Waals surface area contributed by atoms with E-state index < -0.39 is 22.5 Å². The SMILES string of the molecule is CCOc1ccccc1NC(=O)CN(c1ccc(C)c(C)c1)S(=O)(=O)c1ccc(Cl)cc1. The Morgan fingerprint density at radius 3 is 2.34 bits per heavy atom. The molecule has 1 N–H and O–H groups in total. The van der Waals surface area contributed by atoms with Crippen molar-refractivity contribution >= 4 is 38.9 Å². The van der Waals surface area contributed by atoms with E-state index in [0.717, 1.165) is 15.4 Å². The molecule has 1 amide bonds. The Balaban J connectivity index is 1.97. The highest BCUT2D eigenvalue weighted by Crippen LogP contribution is 2.28. The van der Waals surface area contributed by atoms with Crippen LogP contribution in [0, 0.1) is 13.8 Å². The molecule has 3 aromatic carbocycles. The lowest BCUT2D eigenvalue weighted by Crippen LogP contribution is -2.38. The number of benzene rings is 3. The van der Waals surface area contributed by atoms with E-state index in [4.69, 9.17) is 16.3 Å². The minimum atomic E-state index is -4.03. The Kier molecular flexibility index (Phi) is 7.43. The average molecular weight is 473 g/mol. The molecule has 3 aromatic rings. The zero-order chi connectivity index (χ0) is 23.3. The number of amides is 1. The Morgan fingerprint density at radius 1 is 1.00 bits per heavy atom. The first-order valence-electron chi connectivity index (χ1n) is 10.1. The van der Waals surface area contributed by atoms with Crippen LogP contribution in [0.3, 0.4) is 0 Å². The van der Waals surface area contributed by atoms with E-state index in [9.17, 15) is 13.2 Å². The summed E-state index contributed by atoms with van der Waals surface area (Å²) in [6.45, 7) is 5.71. The molecule has 168 valence electrons. The van der Waals surface area contributed by atoms with Crippen molar-refractivity contribution < 1.29 is 17.9 Å². The van der Waals surface area contributed by atoms with Gasteiger partial charge in [0.25, 0.3) is 10.0 Å².